The molecule has 0 spiro atoms. The lowest BCUT2D eigenvalue weighted by Crippen LogP contribution is -2.36. The van der Waals surface area contributed by atoms with E-state index < -0.39 is 5.41 Å². The van der Waals surface area contributed by atoms with Crippen molar-refractivity contribution in [2.45, 2.75) is 79.7 Å². The highest BCUT2D eigenvalue weighted by Gasteiger charge is 2.52. The molecule has 6 rings (SSSR count). The number of hydrogen-bond acceptors (Lipinski definition) is 3. The predicted molar refractivity (Wildman–Crippen MR) is 244 cm³/mol. The molecule has 0 bridgehead atoms. The maximum atomic E-state index is 5.35. The summed E-state index contributed by atoms with van der Waals surface area (Å²) in [6.07, 6.45) is 28.7. The van der Waals surface area contributed by atoms with Crippen LogP contribution in [0.2, 0.25) is 0 Å². The van der Waals surface area contributed by atoms with Crippen molar-refractivity contribution in [1.82, 2.24) is 9.55 Å². The van der Waals surface area contributed by atoms with E-state index in [2.05, 4.69) is 159 Å². The van der Waals surface area contributed by atoms with Gasteiger partial charge >= 0.3 is 0 Å². The number of fused-ring (bicyclic) bond motifs is 1. The Labute approximate surface area is 335 Å². The van der Waals surface area contributed by atoms with Crippen LogP contribution < -0.4 is 0 Å². The van der Waals surface area contributed by atoms with Crippen LogP contribution in [0.15, 0.2) is 184 Å². The fraction of sp³-hybridized carbons (Fsp3) is 0.250. The Morgan fingerprint density at radius 2 is 1.75 bits per heavy atom. The topological polar surface area (TPSA) is 42.5 Å². The SMILES string of the molecule is C=Cc1c(C2=C(C)C3=C(CCC=C3)C2(c2ccccn2)C(C)/C=C\C=C/CC)c2ccccc2n1C(/C=C(N=C)/C(/C=C\C)=C/C)=NCc1ccccc1.CC. The highest BCUT2D eigenvalue weighted by Crippen LogP contribution is 2.61. The van der Waals surface area contributed by atoms with Crippen molar-refractivity contribution in [2.24, 2.45) is 15.9 Å². The first kappa shape index (κ1) is 41.3. The Morgan fingerprint density at radius 1 is 1.00 bits per heavy atom. The minimum Gasteiger partial charge on any atom is -0.294 e. The van der Waals surface area contributed by atoms with Crippen molar-refractivity contribution in [1.29, 1.82) is 0 Å². The molecule has 56 heavy (non-hydrogen) atoms. The van der Waals surface area contributed by atoms with Crippen molar-refractivity contribution in [3.05, 3.63) is 197 Å². The molecule has 0 fully saturated rings. The van der Waals surface area contributed by atoms with Crippen LogP contribution >= 0.6 is 0 Å². The van der Waals surface area contributed by atoms with Gasteiger partial charge in [0.15, 0.2) is 0 Å². The zero-order chi connectivity index (χ0) is 40.1. The fourth-order valence-electron chi connectivity index (χ4n) is 8.35. The summed E-state index contributed by atoms with van der Waals surface area (Å²) in [6.45, 7) is 23.9. The molecule has 2 aliphatic rings. The van der Waals surface area contributed by atoms with Crippen LogP contribution in [0.5, 0.6) is 0 Å². The summed E-state index contributed by atoms with van der Waals surface area (Å²) in [5.74, 6) is 0.843. The third kappa shape index (κ3) is 7.93. The fourth-order valence-corrected chi connectivity index (χ4v) is 8.35. The van der Waals surface area contributed by atoms with Gasteiger partial charge in [0.05, 0.1) is 34.6 Å². The number of hydrogen-bond donors (Lipinski definition) is 0. The standard InChI is InChI=1S/C50H52N4.C2H6/c1-8-12-13-15-25-36(5)50(46-32-22-23-33-52-46)42-30-20-18-28-40(42)37(6)49(50)48-41-29-19-21-31-45(41)54(44(48)11-4)47(53-35-38-26-16-14-17-27-38)34-43(51-7)39(10-3)24-9-2;1-2/h9-19,21-29,31-34,36H,4,7-8,20,30,35H2,1-3,5-6H3;1-2H3/b13-12-,24-9-,25-15-,39-10+,43-34-,53-47?;. The second kappa shape index (κ2) is 19.6. The van der Waals surface area contributed by atoms with Crippen LogP contribution in [0.4, 0.5) is 0 Å². The second-order valence-corrected chi connectivity index (χ2v) is 13.8. The average Bonchev–Trinajstić information content (AvgIpc) is 3.72. The zero-order valence-corrected chi connectivity index (χ0v) is 34.5. The number of aliphatic imine (C=N–C) groups is 2. The van der Waals surface area contributed by atoms with Crippen molar-refractivity contribution >= 4 is 35.1 Å². The zero-order valence-electron chi connectivity index (χ0n) is 34.5. The summed E-state index contributed by atoms with van der Waals surface area (Å²) < 4.78 is 2.27. The van der Waals surface area contributed by atoms with E-state index in [1.54, 1.807) is 0 Å². The van der Waals surface area contributed by atoms with E-state index in [9.17, 15) is 0 Å². The third-order valence-electron chi connectivity index (χ3n) is 10.7. The van der Waals surface area contributed by atoms with E-state index in [4.69, 9.17) is 9.98 Å². The maximum Gasteiger partial charge on any atom is 0.135 e. The van der Waals surface area contributed by atoms with Crippen LogP contribution in [-0.2, 0) is 12.0 Å². The summed E-state index contributed by atoms with van der Waals surface area (Å²) in [5.41, 5.74) is 11.9. The summed E-state index contributed by atoms with van der Waals surface area (Å²) in [6, 6.07) is 25.4. The van der Waals surface area contributed by atoms with Crippen molar-refractivity contribution in [2.75, 3.05) is 0 Å². The summed E-state index contributed by atoms with van der Waals surface area (Å²) in [4.78, 5) is 15.1. The number of aromatic nitrogens is 2. The molecule has 2 aromatic heterocycles. The quantitative estimate of drug-likeness (QED) is 0.0765. The maximum absolute atomic E-state index is 5.35. The number of allylic oxidation sites excluding steroid dienone is 14. The number of rotatable bonds is 13. The van der Waals surface area contributed by atoms with Gasteiger partial charge in [-0.05, 0) is 110 Å². The van der Waals surface area contributed by atoms with Gasteiger partial charge < -0.3 is 0 Å². The lowest BCUT2D eigenvalue weighted by atomic mass is 9.62. The third-order valence-corrected chi connectivity index (χ3v) is 10.7. The molecule has 2 aliphatic carbocycles. The van der Waals surface area contributed by atoms with Crippen molar-refractivity contribution in [3.63, 3.8) is 0 Å². The molecule has 0 N–H and O–H groups in total. The van der Waals surface area contributed by atoms with Gasteiger partial charge in [-0.3, -0.25) is 19.5 Å². The van der Waals surface area contributed by atoms with Crippen LogP contribution in [-0.4, -0.2) is 22.1 Å². The van der Waals surface area contributed by atoms with Gasteiger partial charge in [-0.2, -0.15) is 0 Å². The highest BCUT2D eigenvalue weighted by molar-refractivity contribution is 6.11. The smallest absolute Gasteiger partial charge is 0.135 e. The van der Waals surface area contributed by atoms with E-state index in [-0.39, 0.29) is 5.92 Å². The molecular formula is C52H58N4. The van der Waals surface area contributed by atoms with Crippen molar-refractivity contribution in [3.8, 4) is 0 Å². The molecule has 0 aliphatic heterocycles. The number of nitrogens with zero attached hydrogens (tertiary/aromatic N) is 4. The Bertz CT molecular complexity index is 2300. The molecule has 2 atom stereocenters. The second-order valence-electron chi connectivity index (χ2n) is 13.8. The van der Waals surface area contributed by atoms with Crippen LogP contribution in [0.3, 0.4) is 0 Å². The molecule has 4 heteroatoms. The molecule has 4 nitrogen and oxygen atoms in total. The summed E-state index contributed by atoms with van der Waals surface area (Å²) in [7, 11) is 0. The van der Waals surface area contributed by atoms with Crippen LogP contribution in [0.1, 0.15) is 90.2 Å². The lowest BCUT2D eigenvalue weighted by molar-refractivity contribution is 0.480. The monoisotopic (exact) mass is 738 g/mol. The summed E-state index contributed by atoms with van der Waals surface area (Å²) >= 11 is 0. The number of pyridine rings is 1. The molecule has 4 aromatic rings. The number of para-hydroxylation sites is 1. The normalized spacial score (nSPS) is 18.3. The largest absolute Gasteiger partial charge is 0.294 e. The molecule has 0 saturated carbocycles. The van der Waals surface area contributed by atoms with Crippen LogP contribution in [0.25, 0.3) is 22.6 Å². The molecule has 2 aromatic carbocycles. The van der Waals surface area contributed by atoms with Crippen molar-refractivity contribution < 1.29 is 0 Å². The van der Waals surface area contributed by atoms with Gasteiger partial charge in [-0.1, -0.05) is 144 Å². The van der Waals surface area contributed by atoms with Gasteiger partial charge in [0.25, 0.3) is 0 Å². The van der Waals surface area contributed by atoms with E-state index in [0.29, 0.717) is 6.54 Å². The van der Waals surface area contributed by atoms with Crippen LogP contribution in [0, 0.1) is 5.92 Å². The first-order chi connectivity index (χ1) is 27.5. The van der Waals surface area contributed by atoms with E-state index in [1.807, 2.05) is 58.2 Å². The van der Waals surface area contributed by atoms with Gasteiger partial charge in [0, 0.05) is 23.2 Å². The molecule has 2 unspecified atom stereocenters. The lowest BCUT2D eigenvalue weighted by Gasteiger charge is -2.41. The number of benzene rings is 2. The van der Waals surface area contributed by atoms with E-state index in [1.165, 1.54) is 22.3 Å². The van der Waals surface area contributed by atoms with Gasteiger partial charge in [0.1, 0.15) is 5.84 Å². The van der Waals surface area contributed by atoms with E-state index in [0.717, 1.165) is 69.8 Å². The minimum absolute atomic E-state index is 0.0818. The molecule has 0 radical (unpaired) electrons. The van der Waals surface area contributed by atoms with E-state index >= 15 is 0 Å². The Balaban J connectivity index is 0.00000295. The average molecular weight is 739 g/mol. The first-order valence-electron chi connectivity index (χ1n) is 20.2. The first-order valence-corrected chi connectivity index (χ1v) is 20.2. The summed E-state index contributed by atoms with van der Waals surface area (Å²) in [5, 5.41) is 1.14. The predicted octanol–water partition coefficient (Wildman–Crippen LogP) is 13.8. The Kier molecular flexibility index (Phi) is 14.5. The Morgan fingerprint density at radius 3 is 2.43 bits per heavy atom. The van der Waals surface area contributed by atoms with Gasteiger partial charge in [0.2, 0.25) is 0 Å². The molecule has 0 saturated heterocycles. The van der Waals surface area contributed by atoms with Gasteiger partial charge in [-0.25, -0.2) is 0 Å². The van der Waals surface area contributed by atoms with Gasteiger partial charge in [-0.15, -0.1) is 0 Å². The molecular weight excluding hydrogens is 681 g/mol. The highest BCUT2D eigenvalue weighted by atomic mass is 15.1. The Hall–Kier alpha value is -5.87. The molecule has 0 amide bonds. The molecule has 2 heterocycles. The molecule has 286 valence electrons. The minimum atomic E-state index is -0.524.